The maximum absolute atomic E-state index is 4.85. The number of para-hydroxylation sites is 1. The monoisotopic (exact) mass is 424 g/mol. The third-order valence-electron chi connectivity index (χ3n) is 6.29. The van der Waals surface area contributed by atoms with E-state index in [-0.39, 0.29) is 6.04 Å². The largest absolute Gasteiger partial charge is 0.358 e. The molecule has 2 N–H and O–H groups in total. The lowest BCUT2D eigenvalue weighted by molar-refractivity contribution is 0.599. The van der Waals surface area contributed by atoms with Crippen LogP contribution in [-0.2, 0) is 12.8 Å². The van der Waals surface area contributed by atoms with E-state index in [1.54, 1.807) is 12.4 Å². The summed E-state index contributed by atoms with van der Waals surface area (Å²) in [5, 5.41) is 17.5. The van der Waals surface area contributed by atoms with Crippen molar-refractivity contribution in [3.63, 3.8) is 0 Å². The predicted molar refractivity (Wildman–Crippen MR) is 124 cm³/mol. The van der Waals surface area contributed by atoms with Gasteiger partial charge in [0.15, 0.2) is 11.5 Å². The zero-order valence-electron chi connectivity index (χ0n) is 18.1. The molecule has 1 aliphatic carbocycles. The fourth-order valence-corrected chi connectivity index (χ4v) is 4.62. The molecule has 1 atom stereocenters. The second kappa shape index (κ2) is 7.40. The van der Waals surface area contributed by atoms with Crippen LogP contribution in [0.4, 0.5) is 5.95 Å². The zero-order valence-corrected chi connectivity index (χ0v) is 18.1. The van der Waals surface area contributed by atoms with E-state index in [0.717, 1.165) is 36.0 Å². The Kier molecular flexibility index (Phi) is 4.38. The summed E-state index contributed by atoms with van der Waals surface area (Å²) in [6, 6.07) is 10.7. The van der Waals surface area contributed by atoms with Gasteiger partial charge in [0.2, 0.25) is 5.95 Å². The van der Waals surface area contributed by atoms with Crippen LogP contribution >= 0.6 is 0 Å². The second-order valence-electron chi connectivity index (χ2n) is 8.70. The van der Waals surface area contributed by atoms with E-state index < -0.39 is 0 Å². The number of aryl methyl sites for hydroxylation is 1. The molecule has 160 valence electrons. The third-order valence-corrected chi connectivity index (χ3v) is 6.29. The minimum absolute atomic E-state index is 0.259. The molecular weight excluding hydrogens is 400 g/mol. The number of nitrogens with one attached hydrogen (secondary N) is 2. The number of hydrogen-bond acceptors (Lipinski definition) is 6. The number of fused-ring (bicyclic) bond motifs is 4. The molecule has 32 heavy (non-hydrogen) atoms. The minimum Gasteiger partial charge on any atom is -0.358 e. The molecular formula is C24H24N8. The topological polar surface area (TPSA) is 96.7 Å². The van der Waals surface area contributed by atoms with Gasteiger partial charge in [-0.15, -0.1) is 0 Å². The van der Waals surface area contributed by atoms with Crippen molar-refractivity contribution in [2.45, 2.75) is 45.1 Å². The lowest BCUT2D eigenvalue weighted by Gasteiger charge is -2.24. The van der Waals surface area contributed by atoms with Crippen LogP contribution in [0.3, 0.4) is 0 Å². The first kappa shape index (κ1) is 18.9. The number of nitrogens with zero attached hydrogens (tertiary/aromatic N) is 6. The van der Waals surface area contributed by atoms with Crippen LogP contribution in [0, 0.1) is 0 Å². The van der Waals surface area contributed by atoms with Gasteiger partial charge in [0.25, 0.3) is 0 Å². The third kappa shape index (κ3) is 3.10. The second-order valence-corrected chi connectivity index (χ2v) is 8.70. The normalized spacial score (nSPS) is 16.0. The fraction of sp³-hybridized carbons (Fsp3) is 0.292. The highest BCUT2D eigenvalue weighted by Crippen LogP contribution is 2.31. The Bertz CT molecular complexity index is 1420. The van der Waals surface area contributed by atoms with Gasteiger partial charge in [-0.3, -0.25) is 0 Å². The van der Waals surface area contributed by atoms with E-state index in [1.165, 1.54) is 22.2 Å². The van der Waals surface area contributed by atoms with Crippen LogP contribution in [0.15, 0.2) is 48.9 Å². The number of rotatable bonds is 4. The van der Waals surface area contributed by atoms with Crippen molar-refractivity contribution < 1.29 is 0 Å². The van der Waals surface area contributed by atoms with Crippen LogP contribution in [0.1, 0.15) is 43.0 Å². The van der Waals surface area contributed by atoms with Crippen molar-refractivity contribution in [2.24, 2.45) is 0 Å². The number of anilines is 1. The smallest absolute Gasteiger partial charge is 0.228 e. The van der Waals surface area contributed by atoms with Crippen molar-refractivity contribution in [3.8, 4) is 11.4 Å². The summed E-state index contributed by atoms with van der Waals surface area (Å²) < 4.78 is 1.83. The first-order valence-corrected chi connectivity index (χ1v) is 11.0. The standard InChI is InChI=1S/C24H24N8/c1-14(2)19-13-27-32-23(19)30-22(15-9-10-25-26-12-15)31-24(32)28-16-7-8-21-18(11-16)17-5-3-4-6-20(17)29-21/h3-6,9-10,12-14,16,29H,7-8,11H2,1-2H3,(H,28,30,31)/t16-/m1/s1. The highest BCUT2D eigenvalue weighted by Gasteiger charge is 2.24. The summed E-state index contributed by atoms with van der Waals surface area (Å²) in [7, 11) is 0. The molecule has 0 spiro atoms. The summed E-state index contributed by atoms with van der Waals surface area (Å²) in [4.78, 5) is 13.3. The molecule has 0 bridgehead atoms. The van der Waals surface area contributed by atoms with Gasteiger partial charge >= 0.3 is 0 Å². The summed E-state index contributed by atoms with van der Waals surface area (Å²) in [5.41, 5.74) is 6.72. The van der Waals surface area contributed by atoms with Gasteiger partial charge in [0, 0.05) is 33.8 Å². The Balaban J connectivity index is 1.41. The molecule has 1 aromatic carbocycles. The van der Waals surface area contributed by atoms with Crippen molar-refractivity contribution in [1.29, 1.82) is 0 Å². The van der Waals surface area contributed by atoms with E-state index in [9.17, 15) is 0 Å². The molecule has 4 aromatic heterocycles. The van der Waals surface area contributed by atoms with Crippen LogP contribution in [0.2, 0.25) is 0 Å². The van der Waals surface area contributed by atoms with Gasteiger partial charge in [0.05, 0.1) is 18.6 Å². The van der Waals surface area contributed by atoms with E-state index in [2.05, 4.69) is 63.7 Å². The first-order chi connectivity index (χ1) is 15.7. The number of aromatic nitrogens is 7. The Labute approximate surface area is 185 Å². The van der Waals surface area contributed by atoms with Crippen molar-refractivity contribution >= 4 is 22.5 Å². The maximum Gasteiger partial charge on any atom is 0.228 e. The SMILES string of the molecule is CC(C)c1cnn2c(N[C@@H]3CCc4[nH]c5ccccc5c4C3)nc(-c3ccnnc3)nc12. The molecule has 4 heterocycles. The van der Waals surface area contributed by atoms with Crippen LogP contribution < -0.4 is 5.32 Å². The quantitative estimate of drug-likeness (QED) is 0.450. The molecule has 0 saturated carbocycles. The van der Waals surface area contributed by atoms with Gasteiger partial charge in [-0.1, -0.05) is 32.0 Å². The summed E-state index contributed by atoms with van der Waals surface area (Å²) in [5.74, 6) is 1.64. The van der Waals surface area contributed by atoms with Gasteiger partial charge < -0.3 is 10.3 Å². The number of H-pyrrole nitrogens is 1. The van der Waals surface area contributed by atoms with Crippen LogP contribution in [0.25, 0.3) is 27.9 Å². The van der Waals surface area contributed by atoms with E-state index in [0.29, 0.717) is 17.7 Å². The molecule has 0 radical (unpaired) electrons. The highest BCUT2D eigenvalue weighted by atomic mass is 15.4. The average molecular weight is 425 g/mol. The Morgan fingerprint density at radius 1 is 1.09 bits per heavy atom. The number of aromatic amines is 1. The molecule has 1 aliphatic rings. The minimum atomic E-state index is 0.259. The van der Waals surface area contributed by atoms with Crippen molar-refractivity contribution in [3.05, 3.63) is 65.7 Å². The van der Waals surface area contributed by atoms with Gasteiger partial charge in [-0.05, 0) is 42.9 Å². The van der Waals surface area contributed by atoms with Crippen molar-refractivity contribution in [2.75, 3.05) is 5.32 Å². The van der Waals surface area contributed by atoms with Crippen molar-refractivity contribution in [1.82, 2.24) is 34.8 Å². The Morgan fingerprint density at radius 3 is 2.84 bits per heavy atom. The fourth-order valence-electron chi connectivity index (χ4n) is 4.62. The van der Waals surface area contributed by atoms with E-state index >= 15 is 0 Å². The lowest BCUT2D eigenvalue weighted by Crippen LogP contribution is -2.29. The summed E-state index contributed by atoms with van der Waals surface area (Å²) >= 11 is 0. The molecule has 0 aliphatic heterocycles. The van der Waals surface area contributed by atoms with Crippen LogP contribution in [0.5, 0.6) is 0 Å². The van der Waals surface area contributed by atoms with Gasteiger partial charge in [0.1, 0.15) is 0 Å². The Hall–Kier alpha value is -3.81. The molecule has 0 fully saturated rings. The predicted octanol–water partition coefficient (Wildman–Crippen LogP) is 4.16. The molecule has 0 saturated heterocycles. The van der Waals surface area contributed by atoms with Crippen LogP contribution in [-0.4, -0.2) is 40.8 Å². The van der Waals surface area contributed by atoms with E-state index in [4.69, 9.17) is 9.97 Å². The molecule has 8 heteroatoms. The first-order valence-electron chi connectivity index (χ1n) is 11.0. The molecule has 0 unspecified atom stereocenters. The van der Waals surface area contributed by atoms with Gasteiger partial charge in [-0.2, -0.15) is 24.8 Å². The summed E-state index contributed by atoms with van der Waals surface area (Å²) in [6.45, 7) is 4.30. The number of hydrogen-bond donors (Lipinski definition) is 2. The molecule has 5 aromatic rings. The average Bonchev–Trinajstić information content (AvgIpc) is 3.41. The van der Waals surface area contributed by atoms with Gasteiger partial charge in [-0.25, -0.2) is 4.98 Å². The summed E-state index contributed by atoms with van der Waals surface area (Å²) in [6.07, 6.45) is 8.22. The lowest BCUT2D eigenvalue weighted by atomic mass is 9.91. The highest BCUT2D eigenvalue weighted by molar-refractivity contribution is 5.85. The molecule has 8 nitrogen and oxygen atoms in total. The molecule has 6 rings (SSSR count). The Morgan fingerprint density at radius 2 is 2.00 bits per heavy atom. The molecule has 0 amide bonds. The maximum atomic E-state index is 4.85. The zero-order chi connectivity index (χ0) is 21.7. The number of benzene rings is 1. The van der Waals surface area contributed by atoms with E-state index in [1.807, 2.05) is 16.8 Å².